The predicted molar refractivity (Wildman–Crippen MR) is 74.0 cm³/mol. The number of rotatable bonds is 0. The van der Waals surface area contributed by atoms with Gasteiger partial charge in [0.05, 0.1) is 5.36 Å². The molecule has 90 valence electrons. The number of para-hydroxylation sites is 2. The van der Waals surface area contributed by atoms with Gasteiger partial charge in [-0.25, -0.2) is 4.98 Å². The smallest absolute Gasteiger partial charge is 0.155 e. The van der Waals surface area contributed by atoms with Gasteiger partial charge in [-0.2, -0.15) is 0 Å². The van der Waals surface area contributed by atoms with Gasteiger partial charge in [-0.15, -0.1) is 0 Å². The van der Waals surface area contributed by atoms with Crippen LogP contribution in [0.15, 0.2) is 59.0 Å². The maximum atomic E-state index is 8.07. The average Bonchev–Trinajstić information content (AvgIpc) is 2.46. The van der Waals surface area contributed by atoms with Crippen LogP contribution in [0.5, 0.6) is 0 Å². The van der Waals surface area contributed by atoms with Crippen molar-refractivity contribution in [2.75, 3.05) is 0 Å². The number of hydrogen-bond donors (Lipinski definition) is 1. The van der Waals surface area contributed by atoms with Crippen LogP contribution in [0.1, 0.15) is 0 Å². The third kappa shape index (κ3) is 1.45. The summed E-state index contributed by atoms with van der Waals surface area (Å²) < 4.78 is 5.85. The molecule has 0 bridgehead atoms. The number of nitrogens with one attached hydrogen (secondary N) is 1. The second kappa shape index (κ2) is 3.65. The first-order valence-corrected chi connectivity index (χ1v) is 6.09. The standard InChI is InChI=1S/C16H10N2O/c17-12-9-15-16(11-6-2-1-5-10(11)12)18-13-7-3-4-8-14(13)19-15/h1-9,17H. The number of benzene rings is 3. The third-order valence-corrected chi connectivity index (χ3v) is 3.30. The Bertz CT molecular complexity index is 940. The molecule has 0 radical (unpaired) electrons. The normalized spacial score (nSPS) is 11.4. The van der Waals surface area contributed by atoms with E-state index >= 15 is 0 Å². The molecule has 2 aromatic rings. The van der Waals surface area contributed by atoms with Crippen LogP contribution in [-0.4, -0.2) is 4.98 Å². The van der Waals surface area contributed by atoms with E-state index in [0.717, 1.165) is 27.6 Å². The zero-order chi connectivity index (χ0) is 12.8. The lowest BCUT2D eigenvalue weighted by molar-refractivity contribution is 0.613. The Morgan fingerprint density at radius 3 is 2.53 bits per heavy atom. The van der Waals surface area contributed by atoms with Crippen molar-refractivity contribution < 1.29 is 4.42 Å². The molecule has 0 aromatic heterocycles. The lowest BCUT2D eigenvalue weighted by Crippen LogP contribution is -2.03. The fraction of sp³-hybridized carbons (Fsp3) is 0. The van der Waals surface area contributed by atoms with Crippen molar-refractivity contribution in [3.05, 3.63) is 60.0 Å². The zero-order valence-corrected chi connectivity index (χ0v) is 10.1. The quantitative estimate of drug-likeness (QED) is 0.381. The first-order chi connectivity index (χ1) is 9.33. The van der Waals surface area contributed by atoms with Crippen molar-refractivity contribution in [2.45, 2.75) is 0 Å². The van der Waals surface area contributed by atoms with Crippen molar-refractivity contribution >= 4 is 21.9 Å². The minimum absolute atomic E-state index is 0.462. The van der Waals surface area contributed by atoms with E-state index in [9.17, 15) is 0 Å². The van der Waals surface area contributed by atoms with Gasteiger partial charge in [0, 0.05) is 16.8 Å². The highest BCUT2D eigenvalue weighted by atomic mass is 16.3. The van der Waals surface area contributed by atoms with Gasteiger partial charge in [-0.1, -0.05) is 36.4 Å². The molecule has 3 nitrogen and oxygen atoms in total. The lowest BCUT2D eigenvalue weighted by atomic mass is 10.0. The van der Waals surface area contributed by atoms with Crippen LogP contribution in [0.2, 0.25) is 0 Å². The maximum absolute atomic E-state index is 8.07. The third-order valence-electron chi connectivity index (χ3n) is 3.30. The molecule has 4 rings (SSSR count). The number of aromatic nitrogens is 1. The minimum atomic E-state index is 0.462. The highest BCUT2D eigenvalue weighted by Gasteiger charge is 2.13. The minimum Gasteiger partial charge on any atom is -0.453 e. The summed E-state index contributed by atoms with van der Waals surface area (Å²) in [7, 11) is 0. The topological polar surface area (TPSA) is 49.9 Å². The van der Waals surface area contributed by atoms with E-state index in [1.807, 2.05) is 48.5 Å². The summed E-state index contributed by atoms with van der Waals surface area (Å²) in [6.07, 6.45) is 0. The summed E-state index contributed by atoms with van der Waals surface area (Å²) in [4.78, 5) is 4.67. The van der Waals surface area contributed by atoms with Crippen LogP contribution in [0.3, 0.4) is 0 Å². The van der Waals surface area contributed by atoms with E-state index in [-0.39, 0.29) is 0 Å². The van der Waals surface area contributed by atoms with Gasteiger partial charge in [-0.05, 0) is 12.1 Å². The van der Waals surface area contributed by atoms with Gasteiger partial charge in [0.2, 0.25) is 0 Å². The fourth-order valence-electron chi connectivity index (χ4n) is 2.40. The molecule has 3 heteroatoms. The van der Waals surface area contributed by atoms with Crippen molar-refractivity contribution in [3.8, 4) is 11.5 Å². The molecular formula is C16H10N2O. The SMILES string of the molecule is N=c1cc2oc3ccccc3nc-2c2ccccc12. The molecule has 1 N–H and O–H groups in total. The zero-order valence-electron chi connectivity index (χ0n) is 10.1. The highest BCUT2D eigenvalue weighted by molar-refractivity contribution is 5.96. The Labute approximate surface area is 109 Å². The van der Waals surface area contributed by atoms with Gasteiger partial charge in [-0.3, -0.25) is 0 Å². The van der Waals surface area contributed by atoms with E-state index in [0.29, 0.717) is 11.1 Å². The molecule has 1 aliphatic carbocycles. The fourth-order valence-corrected chi connectivity index (χ4v) is 2.40. The van der Waals surface area contributed by atoms with Crippen LogP contribution in [-0.2, 0) is 0 Å². The molecule has 2 aliphatic rings. The second-order valence-corrected chi connectivity index (χ2v) is 4.50. The molecule has 0 saturated heterocycles. The van der Waals surface area contributed by atoms with Crippen LogP contribution in [0.25, 0.3) is 33.3 Å². The molecule has 0 unspecified atom stereocenters. The van der Waals surface area contributed by atoms with Crippen molar-refractivity contribution in [2.24, 2.45) is 0 Å². The first kappa shape index (κ1) is 10.3. The average molecular weight is 246 g/mol. The summed E-state index contributed by atoms with van der Waals surface area (Å²) in [5, 5.41) is 10.4. The molecule has 1 heterocycles. The first-order valence-electron chi connectivity index (χ1n) is 6.09. The Hall–Kier alpha value is -2.68. The van der Waals surface area contributed by atoms with Gasteiger partial charge < -0.3 is 9.83 Å². The Kier molecular flexibility index (Phi) is 1.97. The van der Waals surface area contributed by atoms with Crippen LogP contribution < -0.4 is 5.36 Å². The molecule has 0 amide bonds. The van der Waals surface area contributed by atoms with Crippen LogP contribution in [0.4, 0.5) is 0 Å². The second-order valence-electron chi connectivity index (χ2n) is 4.50. The number of nitrogens with zero attached hydrogens (tertiary/aromatic N) is 1. The molecule has 0 atom stereocenters. The summed E-state index contributed by atoms with van der Waals surface area (Å²) in [5.74, 6) is 0.655. The molecular weight excluding hydrogens is 236 g/mol. The van der Waals surface area contributed by atoms with E-state index < -0.39 is 0 Å². The lowest BCUT2D eigenvalue weighted by Gasteiger charge is -2.09. The van der Waals surface area contributed by atoms with E-state index in [4.69, 9.17) is 9.83 Å². The molecule has 0 fully saturated rings. The van der Waals surface area contributed by atoms with E-state index in [1.165, 1.54) is 0 Å². The number of hydrogen-bond acceptors (Lipinski definition) is 3. The van der Waals surface area contributed by atoms with Crippen molar-refractivity contribution in [3.63, 3.8) is 0 Å². The summed E-state index contributed by atoms with van der Waals surface area (Å²) in [6, 6.07) is 17.2. The number of fused-ring (bicyclic) bond motifs is 4. The highest BCUT2D eigenvalue weighted by Crippen LogP contribution is 2.29. The predicted octanol–water partition coefficient (Wildman–Crippen LogP) is 3.57. The monoisotopic (exact) mass is 246 g/mol. The summed E-state index contributed by atoms with van der Waals surface area (Å²) >= 11 is 0. The van der Waals surface area contributed by atoms with Gasteiger partial charge >= 0.3 is 0 Å². The van der Waals surface area contributed by atoms with Gasteiger partial charge in [0.25, 0.3) is 0 Å². The molecule has 2 aromatic carbocycles. The largest absolute Gasteiger partial charge is 0.453 e. The van der Waals surface area contributed by atoms with Gasteiger partial charge in [0.15, 0.2) is 11.3 Å². The van der Waals surface area contributed by atoms with Gasteiger partial charge in [0.1, 0.15) is 11.2 Å². The van der Waals surface area contributed by atoms with Crippen LogP contribution in [0, 0.1) is 5.41 Å². The Morgan fingerprint density at radius 1 is 0.895 bits per heavy atom. The van der Waals surface area contributed by atoms with E-state index in [2.05, 4.69) is 4.98 Å². The van der Waals surface area contributed by atoms with Crippen molar-refractivity contribution in [1.82, 2.24) is 4.98 Å². The molecule has 0 spiro atoms. The summed E-state index contributed by atoms with van der Waals surface area (Å²) in [6.45, 7) is 0. The molecule has 0 saturated carbocycles. The maximum Gasteiger partial charge on any atom is 0.155 e. The Balaban J connectivity index is 2.30. The summed E-state index contributed by atoms with van der Waals surface area (Å²) in [5.41, 5.74) is 2.38. The van der Waals surface area contributed by atoms with Crippen LogP contribution >= 0.6 is 0 Å². The van der Waals surface area contributed by atoms with E-state index in [1.54, 1.807) is 6.07 Å². The Morgan fingerprint density at radius 2 is 1.63 bits per heavy atom. The molecule has 1 aliphatic heterocycles. The molecule has 19 heavy (non-hydrogen) atoms. The van der Waals surface area contributed by atoms with Crippen molar-refractivity contribution in [1.29, 1.82) is 5.41 Å².